The number of aryl methyl sites for hydroxylation is 1. The molecular formula is C15H14FN3O3S. The summed E-state index contributed by atoms with van der Waals surface area (Å²) in [5.41, 5.74) is 1.60. The normalized spacial score (nSPS) is 18.6. The Hall–Kier alpha value is -2.45. The number of rotatable bonds is 2. The van der Waals surface area contributed by atoms with Crippen molar-refractivity contribution in [3.05, 3.63) is 53.8 Å². The minimum absolute atomic E-state index is 0.0916. The molecule has 0 saturated carbocycles. The average molecular weight is 335 g/mol. The summed E-state index contributed by atoms with van der Waals surface area (Å²) < 4.78 is 39.6. The molecule has 0 aliphatic carbocycles. The lowest BCUT2D eigenvalue weighted by Gasteiger charge is -2.27. The second-order valence-electron chi connectivity index (χ2n) is 5.19. The van der Waals surface area contributed by atoms with E-state index in [-0.39, 0.29) is 4.90 Å². The van der Waals surface area contributed by atoms with Crippen molar-refractivity contribution in [2.75, 3.05) is 10.6 Å². The lowest BCUT2D eigenvalue weighted by molar-refractivity contribution is -0.117. The van der Waals surface area contributed by atoms with E-state index in [2.05, 4.69) is 15.4 Å². The molecule has 0 radical (unpaired) electrons. The summed E-state index contributed by atoms with van der Waals surface area (Å²) in [5.74, 6) is -1.02. The molecule has 1 atom stereocenters. The van der Waals surface area contributed by atoms with Crippen molar-refractivity contribution < 1.29 is 17.6 Å². The van der Waals surface area contributed by atoms with E-state index in [4.69, 9.17) is 0 Å². The lowest BCUT2D eigenvalue weighted by Crippen LogP contribution is -2.51. The van der Waals surface area contributed by atoms with Crippen LogP contribution in [-0.2, 0) is 14.8 Å². The maximum Gasteiger partial charge on any atom is 0.262 e. The molecule has 6 nitrogen and oxygen atoms in total. The third-order valence-electron chi connectivity index (χ3n) is 3.37. The second kappa shape index (κ2) is 5.64. The first kappa shape index (κ1) is 15.4. The predicted octanol–water partition coefficient (Wildman–Crippen LogP) is 1.80. The van der Waals surface area contributed by atoms with E-state index in [1.54, 1.807) is 12.1 Å². The van der Waals surface area contributed by atoms with Gasteiger partial charge in [0.1, 0.15) is 10.7 Å². The predicted molar refractivity (Wildman–Crippen MR) is 83.9 cm³/mol. The molecule has 0 saturated heterocycles. The van der Waals surface area contributed by atoms with Gasteiger partial charge in [0.2, 0.25) is 10.0 Å². The largest absolute Gasteiger partial charge is 0.360 e. The summed E-state index contributed by atoms with van der Waals surface area (Å²) in [6.45, 7) is 1.82. The van der Waals surface area contributed by atoms with Gasteiger partial charge in [-0.3, -0.25) is 4.79 Å². The van der Waals surface area contributed by atoms with Crippen molar-refractivity contribution in [3.8, 4) is 0 Å². The summed E-state index contributed by atoms with van der Waals surface area (Å²) in [4.78, 5) is 12.3. The molecule has 1 aliphatic heterocycles. The zero-order chi connectivity index (χ0) is 16.6. The molecule has 120 valence electrons. The first-order valence-electron chi connectivity index (χ1n) is 6.81. The highest BCUT2D eigenvalue weighted by atomic mass is 32.2. The first-order chi connectivity index (χ1) is 10.8. The molecule has 2 aromatic rings. The van der Waals surface area contributed by atoms with E-state index in [0.717, 1.165) is 5.56 Å². The number of sulfonamides is 1. The molecule has 3 N–H and O–H groups in total. The van der Waals surface area contributed by atoms with Crippen molar-refractivity contribution >= 4 is 27.3 Å². The molecule has 0 spiro atoms. The van der Waals surface area contributed by atoms with E-state index in [0.29, 0.717) is 11.4 Å². The van der Waals surface area contributed by atoms with Gasteiger partial charge in [0.05, 0.1) is 5.69 Å². The van der Waals surface area contributed by atoms with E-state index in [1.807, 2.05) is 6.92 Å². The summed E-state index contributed by atoms with van der Waals surface area (Å²) in [6, 6.07) is 10.0. The van der Waals surface area contributed by atoms with Gasteiger partial charge in [0.15, 0.2) is 6.17 Å². The fourth-order valence-electron chi connectivity index (χ4n) is 2.26. The summed E-state index contributed by atoms with van der Waals surface area (Å²) in [7, 11) is -3.79. The highest BCUT2D eigenvalue weighted by molar-refractivity contribution is 7.89. The molecule has 23 heavy (non-hydrogen) atoms. The van der Waals surface area contributed by atoms with Gasteiger partial charge in [-0.15, -0.1) is 0 Å². The third-order valence-corrected chi connectivity index (χ3v) is 4.85. The zero-order valence-electron chi connectivity index (χ0n) is 12.1. The maximum atomic E-state index is 12.9. The second-order valence-corrected chi connectivity index (χ2v) is 6.88. The number of benzene rings is 2. The first-order valence-corrected chi connectivity index (χ1v) is 8.29. The molecule has 0 bridgehead atoms. The Morgan fingerprint density at radius 2 is 1.87 bits per heavy atom. The average Bonchev–Trinajstić information content (AvgIpc) is 2.48. The van der Waals surface area contributed by atoms with E-state index in [9.17, 15) is 17.6 Å². The number of anilines is 2. The molecule has 0 fully saturated rings. The van der Waals surface area contributed by atoms with E-state index >= 15 is 0 Å². The van der Waals surface area contributed by atoms with Gasteiger partial charge in [0.25, 0.3) is 5.91 Å². The van der Waals surface area contributed by atoms with Gasteiger partial charge >= 0.3 is 0 Å². The molecule has 3 rings (SSSR count). The van der Waals surface area contributed by atoms with Crippen molar-refractivity contribution in [3.63, 3.8) is 0 Å². The fraction of sp³-hybridized carbons (Fsp3) is 0.133. The molecule has 1 heterocycles. The summed E-state index contributed by atoms with van der Waals surface area (Å²) >= 11 is 0. The third kappa shape index (κ3) is 3.17. The molecule has 1 aliphatic rings. The molecule has 0 unspecified atom stereocenters. The number of hydrogen-bond acceptors (Lipinski definition) is 4. The van der Waals surface area contributed by atoms with Gasteiger partial charge in [-0.25, -0.2) is 12.8 Å². The van der Waals surface area contributed by atoms with Gasteiger partial charge in [-0.2, -0.15) is 4.72 Å². The SMILES string of the molecule is Cc1ccc2c(c1)N[C@@H](C(=O)Nc1ccc(F)cc1)NS2(=O)=O. The Morgan fingerprint density at radius 1 is 1.17 bits per heavy atom. The van der Waals surface area contributed by atoms with Crippen LogP contribution in [-0.4, -0.2) is 20.5 Å². The van der Waals surface area contributed by atoms with Gasteiger partial charge in [-0.1, -0.05) is 6.07 Å². The highest BCUT2D eigenvalue weighted by Gasteiger charge is 2.33. The van der Waals surface area contributed by atoms with E-state index < -0.39 is 27.9 Å². The smallest absolute Gasteiger partial charge is 0.262 e. The Bertz CT molecular complexity index is 866. The number of hydrogen-bond donors (Lipinski definition) is 3. The van der Waals surface area contributed by atoms with Crippen LogP contribution in [0.3, 0.4) is 0 Å². The zero-order valence-corrected chi connectivity index (χ0v) is 12.9. The molecular weight excluding hydrogens is 321 g/mol. The van der Waals surface area contributed by atoms with Gasteiger partial charge < -0.3 is 10.6 Å². The van der Waals surface area contributed by atoms with Crippen molar-refractivity contribution in [2.45, 2.75) is 18.0 Å². The number of fused-ring (bicyclic) bond motifs is 1. The van der Waals surface area contributed by atoms with Gasteiger partial charge in [-0.05, 0) is 48.9 Å². The fourth-order valence-corrected chi connectivity index (χ4v) is 3.52. The van der Waals surface area contributed by atoms with Crippen LogP contribution in [0.4, 0.5) is 15.8 Å². The molecule has 8 heteroatoms. The standard InChI is InChI=1S/C15H14FN3O3S/c1-9-2-7-13-12(8-9)18-14(19-23(13,21)22)15(20)17-11-5-3-10(16)4-6-11/h2-8,14,18-19H,1H3,(H,17,20)/t14-/m1/s1. The maximum absolute atomic E-state index is 12.9. The van der Waals surface area contributed by atoms with Crippen LogP contribution in [0.15, 0.2) is 47.4 Å². The quantitative estimate of drug-likeness (QED) is 0.781. The van der Waals surface area contributed by atoms with Crippen molar-refractivity contribution in [1.82, 2.24) is 4.72 Å². The monoisotopic (exact) mass is 335 g/mol. The van der Waals surface area contributed by atoms with Crippen molar-refractivity contribution in [2.24, 2.45) is 0 Å². The molecule has 0 aromatic heterocycles. The van der Waals surface area contributed by atoms with Gasteiger partial charge in [0, 0.05) is 5.69 Å². The Morgan fingerprint density at radius 3 is 2.57 bits per heavy atom. The lowest BCUT2D eigenvalue weighted by atomic mass is 10.2. The summed E-state index contributed by atoms with van der Waals surface area (Å²) in [6.07, 6.45) is -1.15. The van der Waals surface area contributed by atoms with Crippen LogP contribution in [0.5, 0.6) is 0 Å². The van der Waals surface area contributed by atoms with Crippen molar-refractivity contribution in [1.29, 1.82) is 0 Å². The van der Waals surface area contributed by atoms with Crippen LogP contribution < -0.4 is 15.4 Å². The van der Waals surface area contributed by atoms with Crippen LogP contribution in [0, 0.1) is 12.7 Å². The number of amides is 1. The topological polar surface area (TPSA) is 87.3 Å². The van der Waals surface area contributed by atoms with Crippen LogP contribution in [0.2, 0.25) is 0 Å². The number of nitrogens with one attached hydrogen (secondary N) is 3. The Labute approximate surface area is 132 Å². The number of halogens is 1. The summed E-state index contributed by atoms with van der Waals surface area (Å²) in [5, 5.41) is 5.38. The van der Waals surface area contributed by atoms with Crippen LogP contribution in [0.25, 0.3) is 0 Å². The van der Waals surface area contributed by atoms with Crippen LogP contribution >= 0.6 is 0 Å². The minimum atomic E-state index is -3.79. The molecule has 2 aromatic carbocycles. The van der Waals surface area contributed by atoms with Crippen LogP contribution in [0.1, 0.15) is 5.56 Å². The highest BCUT2D eigenvalue weighted by Crippen LogP contribution is 2.27. The minimum Gasteiger partial charge on any atom is -0.360 e. The molecule has 1 amide bonds. The number of carbonyl (C=O) groups excluding carboxylic acids is 1. The number of carbonyl (C=O) groups is 1. The Kier molecular flexibility index (Phi) is 3.78. The Balaban J connectivity index is 1.84. The van der Waals surface area contributed by atoms with E-state index in [1.165, 1.54) is 30.3 Å².